The van der Waals surface area contributed by atoms with Crippen LogP contribution in [0.4, 0.5) is 0 Å². The lowest BCUT2D eigenvalue weighted by atomic mass is 9.88. The number of hydrogen-bond acceptors (Lipinski definition) is 2. The highest BCUT2D eigenvalue weighted by atomic mass is 16.1. The zero-order chi connectivity index (χ0) is 15.4. The van der Waals surface area contributed by atoms with Crippen LogP contribution in [0.15, 0.2) is 60.7 Å². The van der Waals surface area contributed by atoms with Crippen LogP contribution >= 0.6 is 0 Å². The summed E-state index contributed by atoms with van der Waals surface area (Å²) in [5.41, 5.74) is 2.39. The topological polar surface area (TPSA) is 32.3 Å². The van der Waals surface area contributed by atoms with Crippen molar-refractivity contribution in [3.8, 4) is 0 Å². The summed E-state index contributed by atoms with van der Waals surface area (Å²) < 4.78 is 0. The summed E-state index contributed by atoms with van der Waals surface area (Å²) in [7, 11) is 2.08. The van der Waals surface area contributed by atoms with E-state index in [4.69, 9.17) is 0 Å². The maximum atomic E-state index is 12.6. The predicted molar refractivity (Wildman–Crippen MR) is 88.5 cm³/mol. The summed E-state index contributed by atoms with van der Waals surface area (Å²) >= 11 is 0. The number of likely N-dealkylation sites (N-methyl/N-ethyl adjacent to an activating group) is 1. The fourth-order valence-electron chi connectivity index (χ4n) is 3.22. The van der Waals surface area contributed by atoms with Crippen molar-refractivity contribution in [1.29, 1.82) is 0 Å². The molecule has 0 radical (unpaired) electrons. The van der Waals surface area contributed by atoms with E-state index in [9.17, 15) is 4.79 Å². The molecule has 1 fully saturated rings. The highest BCUT2D eigenvalue weighted by molar-refractivity contribution is 5.80. The number of amides is 1. The van der Waals surface area contributed by atoms with Gasteiger partial charge in [0.05, 0.1) is 5.92 Å². The van der Waals surface area contributed by atoms with Crippen molar-refractivity contribution in [1.82, 2.24) is 10.2 Å². The molecule has 1 heterocycles. The van der Waals surface area contributed by atoms with E-state index < -0.39 is 0 Å². The van der Waals surface area contributed by atoms with E-state index in [2.05, 4.69) is 29.4 Å². The van der Waals surface area contributed by atoms with E-state index in [1.165, 1.54) is 5.56 Å². The van der Waals surface area contributed by atoms with E-state index >= 15 is 0 Å². The second-order valence-electron chi connectivity index (χ2n) is 6.05. The molecule has 3 nitrogen and oxygen atoms in total. The Morgan fingerprint density at radius 2 is 1.68 bits per heavy atom. The van der Waals surface area contributed by atoms with Crippen molar-refractivity contribution in [3.05, 3.63) is 71.8 Å². The first-order valence-corrected chi connectivity index (χ1v) is 7.79. The Balaban J connectivity index is 1.67. The minimum Gasteiger partial charge on any atom is -0.352 e. The van der Waals surface area contributed by atoms with E-state index in [-0.39, 0.29) is 17.7 Å². The molecular formula is C19H22N2O. The molecule has 2 aromatic rings. The van der Waals surface area contributed by atoms with Gasteiger partial charge in [0, 0.05) is 25.6 Å². The van der Waals surface area contributed by atoms with Crippen LogP contribution in [0.2, 0.25) is 0 Å². The van der Waals surface area contributed by atoms with Crippen LogP contribution in [0.3, 0.4) is 0 Å². The first kappa shape index (κ1) is 14.8. The summed E-state index contributed by atoms with van der Waals surface area (Å²) in [6.07, 6.45) is 0. The third-order valence-corrected chi connectivity index (χ3v) is 4.38. The fraction of sp³-hybridized carbons (Fsp3) is 0.316. The van der Waals surface area contributed by atoms with Gasteiger partial charge in [-0.1, -0.05) is 60.7 Å². The molecule has 1 aliphatic heterocycles. The third-order valence-electron chi connectivity index (χ3n) is 4.38. The smallest absolute Gasteiger partial charge is 0.225 e. The molecule has 1 N–H and O–H groups in total. The molecule has 114 valence electrons. The highest BCUT2D eigenvalue weighted by Crippen LogP contribution is 2.31. The molecule has 22 heavy (non-hydrogen) atoms. The number of carbonyl (C=O) groups is 1. The molecule has 0 aromatic heterocycles. The minimum absolute atomic E-state index is 0.0242. The van der Waals surface area contributed by atoms with Gasteiger partial charge in [0.25, 0.3) is 0 Å². The summed E-state index contributed by atoms with van der Waals surface area (Å²) in [4.78, 5) is 14.9. The molecule has 3 rings (SSSR count). The Kier molecular flexibility index (Phi) is 4.54. The maximum Gasteiger partial charge on any atom is 0.225 e. The molecule has 1 amide bonds. The van der Waals surface area contributed by atoms with Gasteiger partial charge in [-0.2, -0.15) is 0 Å². The van der Waals surface area contributed by atoms with Crippen LogP contribution in [-0.2, 0) is 11.3 Å². The van der Waals surface area contributed by atoms with Gasteiger partial charge in [0.2, 0.25) is 5.91 Å². The molecule has 0 bridgehead atoms. The number of rotatable bonds is 4. The molecule has 2 aromatic carbocycles. The van der Waals surface area contributed by atoms with Crippen molar-refractivity contribution in [2.24, 2.45) is 5.92 Å². The Hall–Kier alpha value is -2.13. The van der Waals surface area contributed by atoms with Gasteiger partial charge in [0.15, 0.2) is 0 Å². The quantitative estimate of drug-likeness (QED) is 0.940. The summed E-state index contributed by atoms with van der Waals surface area (Å²) in [6.45, 7) is 2.36. The van der Waals surface area contributed by atoms with Crippen LogP contribution in [-0.4, -0.2) is 30.9 Å². The molecule has 1 aliphatic rings. The monoisotopic (exact) mass is 294 g/mol. The number of hydrogen-bond donors (Lipinski definition) is 1. The van der Waals surface area contributed by atoms with Crippen LogP contribution in [0.5, 0.6) is 0 Å². The fourth-order valence-corrected chi connectivity index (χ4v) is 3.22. The van der Waals surface area contributed by atoms with Gasteiger partial charge in [-0.15, -0.1) is 0 Å². The summed E-state index contributed by atoms with van der Waals surface area (Å²) in [5, 5.41) is 3.10. The van der Waals surface area contributed by atoms with Gasteiger partial charge in [-0.25, -0.2) is 0 Å². The Labute approximate surface area is 132 Å². The molecule has 0 saturated carbocycles. The summed E-state index contributed by atoms with van der Waals surface area (Å²) in [5.74, 6) is 0.458. The first-order chi connectivity index (χ1) is 10.7. The normalized spacial score (nSPS) is 21.7. The number of carbonyl (C=O) groups excluding carboxylic acids is 1. The van der Waals surface area contributed by atoms with E-state index in [1.54, 1.807) is 0 Å². The molecule has 0 spiro atoms. The van der Waals surface area contributed by atoms with Gasteiger partial charge in [0.1, 0.15) is 0 Å². The Morgan fingerprint density at radius 1 is 1.05 bits per heavy atom. The van der Waals surface area contributed by atoms with Crippen molar-refractivity contribution in [3.63, 3.8) is 0 Å². The zero-order valence-corrected chi connectivity index (χ0v) is 12.9. The van der Waals surface area contributed by atoms with Gasteiger partial charge < -0.3 is 10.2 Å². The van der Waals surface area contributed by atoms with Gasteiger partial charge >= 0.3 is 0 Å². The van der Waals surface area contributed by atoms with Crippen LogP contribution in [0, 0.1) is 5.92 Å². The number of nitrogens with one attached hydrogen (secondary N) is 1. The van der Waals surface area contributed by atoms with Crippen molar-refractivity contribution in [2.45, 2.75) is 12.5 Å². The maximum absolute atomic E-state index is 12.6. The predicted octanol–water partition coefficient (Wildman–Crippen LogP) is 2.65. The average molecular weight is 294 g/mol. The Morgan fingerprint density at radius 3 is 2.36 bits per heavy atom. The lowest BCUT2D eigenvalue weighted by Crippen LogP contribution is -2.34. The SMILES string of the molecule is CN1C[C@H](C(=O)NCc2ccccc2)[C@H](c2ccccc2)C1. The lowest BCUT2D eigenvalue weighted by Gasteiger charge is -2.18. The molecule has 1 saturated heterocycles. The second kappa shape index (κ2) is 6.75. The van der Waals surface area contributed by atoms with Crippen LogP contribution in [0.25, 0.3) is 0 Å². The number of benzene rings is 2. The molecule has 2 atom stereocenters. The molecular weight excluding hydrogens is 272 g/mol. The third kappa shape index (κ3) is 3.37. The van der Waals surface area contributed by atoms with Crippen LogP contribution in [0.1, 0.15) is 17.0 Å². The Bertz CT molecular complexity index is 612. The number of likely N-dealkylation sites (tertiary alicyclic amines) is 1. The van der Waals surface area contributed by atoms with Crippen molar-refractivity contribution < 1.29 is 4.79 Å². The number of nitrogens with zero attached hydrogens (tertiary/aromatic N) is 1. The van der Waals surface area contributed by atoms with E-state index in [0.29, 0.717) is 6.54 Å². The molecule has 3 heteroatoms. The van der Waals surface area contributed by atoms with Crippen molar-refractivity contribution >= 4 is 5.91 Å². The van der Waals surface area contributed by atoms with E-state index in [0.717, 1.165) is 18.7 Å². The standard InChI is InChI=1S/C19H22N2O/c1-21-13-17(16-10-6-3-7-11-16)18(14-21)19(22)20-12-15-8-4-2-5-9-15/h2-11,17-18H,12-14H2,1H3,(H,20,22)/t17-,18-/m0/s1. The van der Waals surface area contributed by atoms with Crippen LogP contribution < -0.4 is 5.32 Å². The molecule has 0 aliphatic carbocycles. The second-order valence-corrected chi connectivity index (χ2v) is 6.05. The highest BCUT2D eigenvalue weighted by Gasteiger charge is 2.36. The molecule has 0 unspecified atom stereocenters. The van der Waals surface area contributed by atoms with E-state index in [1.807, 2.05) is 48.5 Å². The average Bonchev–Trinajstić information content (AvgIpc) is 2.96. The van der Waals surface area contributed by atoms with Crippen molar-refractivity contribution in [2.75, 3.05) is 20.1 Å². The van der Waals surface area contributed by atoms with Gasteiger partial charge in [-0.05, 0) is 18.2 Å². The lowest BCUT2D eigenvalue weighted by molar-refractivity contribution is -0.125. The summed E-state index contributed by atoms with van der Waals surface area (Å²) in [6, 6.07) is 20.4. The van der Waals surface area contributed by atoms with Gasteiger partial charge in [-0.3, -0.25) is 4.79 Å². The minimum atomic E-state index is 0.0242. The first-order valence-electron chi connectivity index (χ1n) is 7.79. The zero-order valence-electron chi connectivity index (χ0n) is 12.9. The largest absolute Gasteiger partial charge is 0.352 e.